The molecule has 3 aromatic rings. The molecule has 1 saturated heterocycles. The first-order valence-corrected chi connectivity index (χ1v) is 12.5. The van der Waals surface area contributed by atoms with Crippen LogP contribution in [0.1, 0.15) is 20.3 Å². The summed E-state index contributed by atoms with van der Waals surface area (Å²) in [6.45, 7) is 5.74. The van der Waals surface area contributed by atoms with Gasteiger partial charge in [-0.25, -0.2) is 0 Å². The number of hydrogen-bond acceptors (Lipinski definition) is 2. The molecule has 1 heterocycles. The van der Waals surface area contributed by atoms with Gasteiger partial charge in [-0.15, -0.1) is 0 Å². The Balaban J connectivity index is 0.00000256. The fraction of sp³-hybridized carbons (Fsp3) is 0.308. The zero-order chi connectivity index (χ0) is 20.2. The van der Waals surface area contributed by atoms with E-state index in [9.17, 15) is 0 Å². The van der Waals surface area contributed by atoms with Gasteiger partial charge >= 0.3 is 0 Å². The lowest BCUT2D eigenvalue weighted by molar-refractivity contribution is -0.177. The molecule has 0 aliphatic carbocycles. The SMILES string of the molecule is CC(CC[P+](c1ccccc1)(c1ccccc1)c1ccccc1)C1(C)OCCO1.[Br-]. The minimum Gasteiger partial charge on any atom is -1.00 e. The molecule has 0 bridgehead atoms. The van der Waals surface area contributed by atoms with E-state index in [4.69, 9.17) is 9.47 Å². The second-order valence-corrected chi connectivity index (χ2v) is 11.6. The Kier molecular flexibility index (Phi) is 7.87. The highest BCUT2D eigenvalue weighted by molar-refractivity contribution is 7.95. The molecule has 4 rings (SSSR count). The van der Waals surface area contributed by atoms with Crippen LogP contribution in [-0.4, -0.2) is 25.2 Å². The van der Waals surface area contributed by atoms with Crippen LogP contribution < -0.4 is 32.9 Å². The van der Waals surface area contributed by atoms with Crippen LogP contribution in [0.3, 0.4) is 0 Å². The fourth-order valence-corrected chi connectivity index (χ4v) is 8.83. The molecule has 1 fully saturated rings. The summed E-state index contributed by atoms with van der Waals surface area (Å²) in [5.74, 6) is -0.153. The van der Waals surface area contributed by atoms with E-state index in [2.05, 4.69) is 105 Å². The van der Waals surface area contributed by atoms with E-state index in [1.54, 1.807) is 0 Å². The maximum Gasteiger partial charge on any atom is 0.168 e. The van der Waals surface area contributed by atoms with Crippen molar-refractivity contribution in [3.63, 3.8) is 0 Å². The molecule has 0 radical (unpaired) electrons. The van der Waals surface area contributed by atoms with Crippen molar-refractivity contribution in [1.29, 1.82) is 0 Å². The van der Waals surface area contributed by atoms with E-state index in [0.717, 1.165) is 12.6 Å². The van der Waals surface area contributed by atoms with E-state index < -0.39 is 13.0 Å². The Morgan fingerprint density at radius 3 is 1.47 bits per heavy atom. The molecule has 158 valence electrons. The Morgan fingerprint density at radius 2 is 1.10 bits per heavy atom. The predicted molar refractivity (Wildman–Crippen MR) is 124 cm³/mol. The third-order valence-corrected chi connectivity index (χ3v) is 10.7. The molecular formula is C26H30BrO2P. The average Bonchev–Trinajstić information content (AvgIpc) is 3.24. The van der Waals surface area contributed by atoms with Crippen LogP contribution in [0.4, 0.5) is 0 Å². The molecule has 30 heavy (non-hydrogen) atoms. The number of rotatable bonds is 7. The van der Waals surface area contributed by atoms with E-state index in [1.165, 1.54) is 15.9 Å². The monoisotopic (exact) mass is 484 g/mol. The topological polar surface area (TPSA) is 18.5 Å². The first-order chi connectivity index (χ1) is 14.2. The van der Waals surface area contributed by atoms with Crippen molar-refractivity contribution in [3.05, 3.63) is 91.0 Å². The number of benzene rings is 3. The van der Waals surface area contributed by atoms with Gasteiger partial charge in [0.2, 0.25) is 0 Å². The summed E-state index contributed by atoms with van der Waals surface area (Å²) in [5, 5.41) is 4.30. The molecule has 0 aromatic heterocycles. The van der Waals surface area contributed by atoms with Crippen LogP contribution in [0, 0.1) is 5.92 Å². The van der Waals surface area contributed by atoms with Gasteiger partial charge in [0.25, 0.3) is 0 Å². The van der Waals surface area contributed by atoms with Crippen LogP contribution in [0.25, 0.3) is 0 Å². The lowest BCUT2D eigenvalue weighted by Gasteiger charge is -2.33. The van der Waals surface area contributed by atoms with Crippen molar-refractivity contribution in [1.82, 2.24) is 0 Å². The number of hydrogen-bond donors (Lipinski definition) is 0. The first-order valence-electron chi connectivity index (χ1n) is 10.5. The molecule has 1 aliphatic heterocycles. The largest absolute Gasteiger partial charge is 1.00 e. The molecule has 0 saturated carbocycles. The first kappa shape index (κ1) is 23.2. The molecule has 2 nitrogen and oxygen atoms in total. The lowest BCUT2D eigenvalue weighted by atomic mass is 10.00. The fourth-order valence-electron chi connectivity index (χ4n) is 4.35. The summed E-state index contributed by atoms with van der Waals surface area (Å²) in [7, 11) is -1.79. The minimum atomic E-state index is -1.79. The van der Waals surface area contributed by atoms with Crippen LogP contribution in [0.15, 0.2) is 91.0 Å². The highest BCUT2D eigenvalue weighted by Gasteiger charge is 2.47. The molecular weight excluding hydrogens is 455 g/mol. The van der Waals surface area contributed by atoms with Gasteiger partial charge in [-0.1, -0.05) is 61.5 Å². The Hall–Kier alpha value is -1.51. The molecule has 0 spiro atoms. The summed E-state index contributed by atoms with van der Waals surface area (Å²) in [6.07, 6.45) is 2.14. The lowest BCUT2D eigenvalue weighted by Crippen LogP contribution is -3.00. The molecule has 3 aromatic carbocycles. The standard InChI is InChI=1S/C26H30O2P.BrH/c1-22(26(2)27-19-20-28-26)18-21-29(23-12-6-3-7-13-23,24-14-8-4-9-15-24)25-16-10-5-11-17-25;/h3-17,22H,18-21H2,1-2H3;1H/q+1;/p-1. The molecule has 1 aliphatic rings. The van der Waals surface area contributed by atoms with Crippen molar-refractivity contribution in [3.8, 4) is 0 Å². The quantitative estimate of drug-likeness (QED) is 0.476. The highest BCUT2D eigenvalue weighted by atomic mass is 79.9. The molecule has 0 amide bonds. The normalized spacial score (nSPS) is 16.6. The summed E-state index contributed by atoms with van der Waals surface area (Å²) < 4.78 is 11.9. The highest BCUT2D eigenvalue weighted by Crippen LogP contribution is 2.56. The van der Waals surface area contributed by atoms with Crippen molar-refractivity contribution in [2.45, 2.75) is 26.1 Å². The van der Waals surface area contributed by atoms with Crippen LogP contribution in [-0.2, 0) is 9.47 Å². The summed E-state index contributed by atoms with van der Waals surface area (Å²) in [4.78, 5) is 0. The van der Waals surface area contributed by atoms with Crippen LogP contribution in [0.5, 0.6) is 0 Å². The van der Waals surface area contributed by atoms with Gasteiger partial charge in [0.15, 0.2) is 5.79 Å². The van der Waals surface area contributed by atoms with Gasteiger partial charge in [-0.05, 0) is 49.7 Å². The van der Waals surface area contributed by atoms with E-state index in [-0.39, 0.29) is 17.0 Å². The van der Waals surface area contributed by atoms with Crippen LogP contribution >= 0.6 is 7.26 Å². The third-order valence-electron chi connectivity index (χ3n) is 6.24. The van der Waals surface area contributed by atoms with Crippen LogP contribution in [0.2, 0.25) is 0 Å². The maximum absolute atomic E-state index is 5.97. The van der Waals surface area contributed by atoms with E-state index >= 15 is 0 Å². The van der Waals surface area contributed by atoms with Crippen molar-refractivity contribution in [2.75, 3.05) is 19.4 Å². The van der Waals surface area contributed by atoms with Crippen molar-refractivity contribution < 1.29 is 26.5 Å². The average molecular weight is 485 g/mol. The van der Waals surface area contributed by atoms with Gasteiger partial charge in [0, 0.05) is 5.92 Å². The molecule has 4 heteroatoms. The number of halogens is 1. The van der Waals surface area contributed by atoms with E-state index in [0.29, 0.717) is 19.1 Å². The van der Waals surface area contributed by atoms with E-state index in [1.807, 2.05) is 0 Å². The van der Waals surface area contributed by atoms with Gasteiger partial charge in [-0.3, -0.25) is 0 Å². The maximum atomic E-state index is 5.97. The summed E-state index contributed by atoms with van der Waals surface area (Å²) >= 11 is 0. The molecule has 0 N–H and O–H groups in total. The van der Waals surface area contributed by atoms with Gasteiger partial charge < -0.3 is 26.5 Å². The molecule has 1 unspecified atom stereocenters. The smallest absolute Gasteiger partial charge is 0.168 e. The zero-order valence-corrected chi connectivity index (χ0v) is 20.2. The minimum absolute atomic E-state index is 0. The van der Waals surface area contributed by atoms with Gasteiger partial charge in [-0.2, -0.15) is 0 Å². The van der Waals surface area contributed by atoms with Crippen molar-refractivity contribution >= 4 is 23.2 Å². The van der Waals surface area contributed by atoms with Gasteiger partial charge in [0.05, 0.1) is 19.4 Å². The Bertz CT molecular complexity index is 799. The van der Waals surface area contributed by atoms with Crippen molar-refractivity contribution in [2.24, 2.45) is 5.92 Å². The molecule has 1 atom stereocenters. The van der Waals surface area contributed by atoms with Gasteiger partial charge in [0.1, 0.15) is 23.2 Å². The summed E-state index contributed by atoms with van der Waals surface area (Å²) in [6, 6.07) is 33.2. The zero-order valence-electron chi connectivity index (χ0n) is 17.7. The predicted octanol–water partition coefficient (Wildman–Crippen LogP) is 1.77. The second kappa shape index (κ2) is 10.2. The Morgan fingerprint density at radius 1 is 0.733 bits per heavy atom. The number of ether oxygens (including phenoxy) is 2. The Labute approximate surface area is 191 Å². The second-order valence-electron chi connectivity index (χ2n) is 7.94. The third kappa shape index (κ3) is 4.55. The summed E-state index contributed by atoms with van der Waals surface area (Å²) in [5.41, 5.74) is 0.